The first-order valence-corrected chi connectivity index (χ1v) is 70.4. The molecular weight excluding hydrogens is 2910 g/mol. The average molecular weight is 2980 g/mol. The van der Waals surface area contributed by atoms with E-state index >= 15 is 0 Å². The minimum atomic E-state index is 0. The second-order valence-corrected chi connectivity index (χ2v) is 75.8. The molecule has 0 aromatic carbocycles. The molecule has 0 atom stereocenters. The molecule has 0 saturated carbocycles. The van der Waals surface area contributed by atoms with Gasteiger partial charge in [0.25, 0.3) is 0 Å². The van der Waals surface area contributed by atoms with Crippen LogP contribution in [0.15, 0.2) is 73.6 Å². The number of hydrogen-bond acceptors (Lipinski definition) is 10. The Balaban J connectivity index is -0.0000000271. The van der Waals surface area contributed by atoms with Crippen LogP contribution in [0.5, 0.6) is 0 Å². The van der Waals surface area contributed by atoms with Crippen LogP contribution in [0.4, 0.5) is 0 Å². The van der Waals surface area contributed by atoms with Crippen LogP contribution >= 0.6 is 244 Å². The number of nitrogens with zero attached hydrogens (tertiary/aromatic N) is 10. The predicted octanol–water partition coefficient (Wildman–Crippen LogP) is 5.77. The third-order valence-electron chi connectivity index (χ3n) is 5.89. The van der Waals surface area contributed by atoms with E-state index in [1.807, 2.05) is 72.0 Å². The summed E-state index contributed by atoms with van der Waals surface area (Å²) in [4.78, 5) is 40.0. The van der Waals surface area contributed by atoms with Crippen LogP contribution in [0.3, 0.4) is 0 Å². The largest absolute Gasteiger partial charge is 1.00 e. The van der Waals surface area contributed by atoms with Gasteiger partial charge in [-0.25, -0.2) is 49.8 Å². The van der Waals surface area contributed by atoms with E-state index in [-0.39, 0.29) is 376 Å². The molecule has 0 radical (unpaired) electrons. The summed E-state index contributed by atoms with van der Waals surface area (Å²) >= 11 is 31.9. The molecule has 0 spiro atoms. The molecule has 0 aliphatic carbocycles. The van der Waals surface area contributed by atoms with Crippen molar-refractivity contribution in [3.8, 4) is 0 Å². The first-order valence-electron chi connectivity index (χ1n) is 19.3. The maximum atomic E-state index is 5.42. The van der Waals surface area contributed by atoms with Gasteiger partial charge in [-0.3, -0.25) is 0 Å². The fourth-order valence-corrected chi connectivity index (χ4v) is 3.70. The molecular formula is C41H70Ar7Cl2I15N10Na-4. The smallest absolute Gasteiger partial charge is 1.00 e. The Bertz CT molecular complexity index is 1720. The van der Waals surface area contributed by atoms with E-state index in [0.717, 1.165) is 66.7 Å². The SMILES string of the molecule is C.CC.CC.CC/C=C/c1ccnc(CC)n1.CCCCc1ccnc(CC)n1.CCc1nccc(C)n1.Cc1ccnc(Cl)n1.Clc1ncccn1.I.I.I.I[I-]I.I[I-]I.I[I-]I.I[I-]I.[Ar].[Ar].[Ar].[Ar].[Ar].[Ar].[Ar].[H-].[HH].[Na+]. The fraction of sp³-hybridized carbons (Fsp3) is 0.463. The molecule has 76 heavy (non-hydrogen) atoms. The van der Waals surface area contributed by atoms with Gasteiger partial charge in [0.05, 0.1) is 5.69 Å². The Morgan fingerprint density at radius 2 is 0.829 bits per heavy atom. The average Bonchev–Trinajstić information content (AvgIpc) is 3.31. The molecule has 5 rings (SSSR count). The summed E-state index contributed by atoms with van der Waals surface area (Å²) in [6.45, 7) is 22.3. The zero-order valence-electron chi connectivity index (χ0n) is 43.4. The molecule has 5 heterocycles. The molecule has 0 bridgehead atoms. The third kappa shape index (κ3) is 118. The molecule has 5 aromatic rings. The van der Waals surface area contributed by atoms with Gasteiger partial charge < -0.3 is 1.43 Å². The summed E-state index contributed by atoms with van der Waals surface area (Å²) in [5, 5.41) is 0.604. The maximum Gasteiger partial charge on any atom is 1.00 e. The molecule has 0 aliphatic rings. The van der Waals surface area contributed by atoms with Gasteiger partial charge in [0.2, 0.25) is 10.6 Å². The van der Waals surface area contributed by atoms with Gasteiger partial charge in [-0.15, -0.1) is 71.9 Å². The van der Waals surface area contributed by atoms with Gasteiger partial charge >= 0.3 is 232 Å². The van der Waals surface area contributed by atoms with E-state index in [2.05, 4.69) is 239 Å². The molecule has 0 amide bonds. The minimum Gasteiger partial charge on any atom is -1.00 e. The van der Waals surface area contributed by atoms with Crippen molar-refractivity contribution in [3.05, 3.63) is 124 Å². The topological polar surface area (TPSA) is 129 Å². The molecule has 464 valence electrons. The van der Waals surface area contributed by atoms with E-state index in [0.29, 0.717) is 63.6 Å². The Kier molecular flexibility index (Phi) is 229. The van der Waals surface area contributed by atoms with Crippen molar-refractivity contribution in [3.63, 3.8) is 0 Å². The van der Waals surface area contributed by atoms with E-state index in [9.17, 15) is 0 Å². The Morgan fingerprint density at radius 1 is 0.500 bits per heavy atom. The Morgan fingerprint density at radius 3 is 1.12 bits per heavy atom. The van der Waals surface area contributed by atoms with Gasteiger partial charge in [-0.05, 0) is 92.7 Å². The summed E-state index contributed by atoms with van der Waals surface area (Å²) in [7, 11) is 0. The monoisotopic (exact) mass is 2980 g/mol. The molecule has 10 nitrogen and oxygen atoms in total. The number of halogens is 17. The van der Waals surface area contributed by atoms with Gasteiger partial charge in [-0.2, -0.15) is 0 Å². The first kappa shape index (κ1) is 140. The van der Waals surface area contributed by atoms with Crippen molar-refractivity contribution in [2.45, 2.75) is 129 Å². The molecule has 0 fully saturated rings. The third-order valence-corrected chi connectivity index (χ3v) is 6.27. The van der Waals surface area contributed by atoms with Crippen molar-refractivity contribution >= 4 is 250 Å². The molecule has 0 unspecified atom stereocenters. The number of allylic oxidation sites excluding steroid dienone is 1. The van der Waals surface area contributed by atoms with Gasteiger partial charge in [0.15, 0.2) is 0 Å². The Labute approximate surface area is 876 Å². The van der Waals surface area contributed by atoms with Crippen LogP contribution in [0.2, 0.25) is 10.6 Å². The minimum absolute atomic E-state index is 0. The molecule has 0 N–H and O–H groups in total. The van der Waals surface area contributed by atoms with Crippen molar-refractivity contribution < 1.29 is 350 Å². The maximum absolute atomic E-state index is 5.42. The van der Waals surface area contributed by atoms with E-state index < -0.39 is 0 Å². The van der Waals surface area contributed by atoms with Gasteiger partial charge in [0.1, 0.15) is 17.5 Å². The van der Waals surface area contributed by atoms with Crippen LogP contribution < -0.4 is 82.6 Å². The second kappa shape index (κ2) is 125. The van der Waals surface area contributed by atoms with Crippen molar-refractivity contribution in [2.24, 2.45) is 0 Å². The number of hydrogen-bond donors (Lipinski definition) is 0. The second-order valence-electron chi connectivity index (χ2n) is 10.2. The number of rotatable bonds is 8. The number of aromatic nitrogens is 10. The van der Waals surface area contributed by atoms with E-state index in [1.54, 1.807) is 43.1 Å². The van der Waals surface area contributed by atoms with Crippen molar-refractivity contribution in [2.75, 3.05) is 0 Å². The summed E-state index contributed by atoms with van der Waals surface area (Å²) in [5.74, 6) is 2.80. The van der Waals surface area contributed by atoms with Crippen LogP contribution in [0.25, 0.3) is 6.08 Å². The zero-order valence-corrected chi connectivity index (χ0v) is 83.8. The predicted molar refractivity (Wildman–Crippen MR) is 387 cm³/mol. The van der Waals surface area contributed by atoms with Crippen LogP contribution in [-0.4, -0.2) is 49.8 Å². The fourth-order valence-electron chi connectivity index (χ4n) is 3.40. The van der Waals surface area contributed by atoms with Crippen LogP contribution in [0.1, 0.15) is 132 Å². The Hall–Kier alpha value is 16.5. The summed E-state index contributed by atoms with van der Waals surface area (Å²) in [5.41, 5.74) is 4.12. The van der Waals surface area contributed by atoms with Gasteiger partial charge in [-0.1, -0.05) is 82.2 Å². The number of unbranched alkanes of at least 4 members (excludes halogenated alkanes) is 1. The van der Waals surface area contributed by atoms with Gasteiger partial charge in [0, 0.05) is 339 Å². The quantitative estimate of drug-likeness (QED) is 0.108. The summed E-state index contributed by atoms with van der Waals surface area (Å²) in [6, 6.07) is 9.34. The standard InChI is InChI=1S/C10H16N2.C10H14N2.C7H10N2.C5H5ClN2.C4H3ClN2.2C2H6.CH4.7Ar.4I3.3HI.Na.H2.H/c2*1-3-5-6-9-7-8-11-10(4-2)12-9;1-3-7-8-5-4-6(2)9-7;1-4-2-3-7-5(6)8-4;5-4-6-2-1-3-7-4;2*1-2;;;;;;;;;4*1-3-2;;;;;;/h7-8H,3-6H2,1-2H3;5-8H,3-4H2,1-2H3;4-5H,3H2,1-2H3;2-3H,1H3;1-3H;2*1-2H3;1H4;;;;;;;;;;;;3*1H;;1H;/q;;;;;;;;;;;;;;;4*-1;;;;+1;;-1/b;6-5+;;;;;;;;;;;;;;;;;;;;;;;. The summed E-state index contributed by atoms with van der Waals surface area (Å²) in [6.07, 6.45) is 21.7. The summed E-state index contributed by atoms with van der Waals surface area (Å²) < 4.78 is 0. The number of aryl methyl sites for hydroxylation is 6. The molecule has 0 saturated heterocycles. The van der Waals surface area contributed by atoms with E-state index in [4.69, 9.17) is 23.2 Å². The molecule has 5 aromatic heterocycles. The van der Waals surface area contributed by atoms with Crippen LogP contribution in [-0.2, 0) is 25.7 Å². The molecule has 35 heteroatoms. The van der Waals surface area contributed by atoms with Crippen LogP contribution in [0, 0.1) is 278 Å². The normalized spacial score (nSPS) is 7.54. The van der Waals surface area contributed by atoms with Crippen molar-refractivity contribution in [1.82, 2.24) is 49.8 Å². The van der Waals surface area contributed by atoms with Crippen molar-refractivity contribution in [1.29, 1.82) is 0 Å². The van der Waals surface area contributed by atoms with E-state index in [1.165, 1.54) is 18.5 Å². The zero-order chi connectivity index (χ0) is 50.2. The molecule has 0 aliphatic heterocycles. The first-order chi connectivity index (χ1) is 30.9.